The molecule has 0 radical (unpaired) electrons. The SMILES string of the molecule is CCC[C@@H](c1nc2c(F)cc(OC)cc2c(=O)n1CC)N1CCC[C@@H](C)C1.CCC[C@H](c1nc2c(F)cc(OC)cc2c(=O)n1CC)N1CCC[C@@H](C)C1. The normalized spacial score (nSPS) is 19.4. The minimum absolute atomic E-state index is 0.0382. The van der Waals surface area contributed by atoms with Crippen LogP contribution in [0.4, 0.5) is 8.78 Å². The van der Waals surface area contributed by atoms with Gasteiger partial charge in [-0.1, -0.05) is 40.5 Å². The maximum Gasteiger partial charge on any atom is 0.261 e. The zero-order valence-corrected chi connectivity index (χ0v) is 33.6. The zero-order valence-electron chi connectivity index (χ0n) is 33.6. The third-order valence-corrected chi connectivity index (χ3v) is 11.1. The van der Waals surface area contributed by atoms with Gasteiger partial charge in [0.05, 0.1) is 37.1 Å². The summed E-state index contributed by atoms with van der Waals surface area (Å²) >= 11 is 0. The summed E-state index contributed by atoms with van der Waals surface area (Å²) in [5.74, 6) is 2.29. The van der Waals surface area contributed by atoms with Crippen molar-refractivity contribution in [1.82, 2.24) is 28.9 Å². The summed E-state index contributed by atoms with van der Waals surface area (Å²) < 4.78 is 43.0. The average molecular weight is 751 g/mol. The molecule has 4 atom stereocenters. The van der Waals surface area contributed by atoms with Crippen LogP contribution in [0.15, 0.2) is 33.9 Å². The van der Waals surface area contributed by atoms with Crippen molar-refractivity contribution in [2.75, 3.05) is 40.4 Å². The van der Waals surface area contributed by atoms with E-state index in [1.807, 2.05) is 13.8 Å². The number of hydrogen-bond acceptors (Lipinski definition) is 8. The molecule has 2 aromatic heterocycles. The number of nitrogens with zero attached hydrogens (tertiary/aromatic N) is 6. The fourth-order valence-electron chi connectivity index (χ4n) is 8.42. The molecule has 296 valence electrons. The third-order valence-electron chi connectivity index (χ3n) is 11.1. The molecule has 54 heavy (non-hydrogen) atoms. The van der Waals surface area contributed by atoms with E-state index in [2.05, 4.69) is 37.5 Å². The lowest BCUT2D eigenvalue weighted by molar-refractivity contribution is 0.114. The molecule has 0 N–H and O–H groups in total. The van der Waals surface area contributed by atoms with E-state index in [4.69, 9.17) is 19.4 Å². The van der Waals surface area contributed by atoms with Gasteiger partial charge in [-0.05, 0) is 89.4 Å². The van der Waals surface area contributed by atoms with Crippen molar-refractivity contribution in [2.24, 2.45) is 11.8 Å². The fourth-order valence-corrected chi connectivity index (χ4v) is 8.42. The summed E-state index contributed by atoms with van der Waals surface area (Å²) in [5.41, 5.74) is -0.0961. The number of halogens is 2. The van der Waals surface area contributed by atoms with Crippen molar-refractivity contribution in [2.45, 2.75) is 118 Å². The second-order valence-corrected chi connectivity index (χ2v) is 15.1. The predicted molar refractivity (Wildman–Crippen MR) is 212 cm³/mol. The van der Waals surface area contributed by atoms with Gasteiger partial charge in [0.15, 0.2) is 11.6 Å². The standard InChI is InChI=1S/2C21H30FN3O2/c2*1-5-8-18(24-10-7-9-14(3)13-24)20-23-19-16(21(26)25(20)6-2)11-15(27-4)12-17(19)22/h2*11-12,14,18H,5-10,13H2,1-4H3/t14-,18+;14-,18-/m11/s1. The highest BCUT2D eigenvalue weighted by molar-refractivity contribution is 5.81. The molecule has 0 amide bonds. The maximum atomic E-state index is 14.7. The van der Waals surface area contributed by atoms with Crippen LogP contribution in [0.5, 0.6) is 11.5 Å². The zero-order chi connectivity index (χ0) is 39.1. The van der Waals surface area contributed by atoms with E-state index < -0.39 is 11.6 Å². The summed E-state index contributed by atoms with van der Waals surface area (Å²) in [4.78, 5) is 40.5. The van der Waals surface area contributed by atoms with Crippen LogP contribution in [-0.2, 0) is 13.1 Å². The van der Waals surface area contributed by atoms with E-state index in [0.717, 1.165) is 64.7 Å². The Bertz CT molecular complexity index is 1870. The van der Waals surface area contributed by atoms with Gasteiger partial charge >= 0.3 is 0 Å². The average Bonchev–Trinajstić information content (AvgIpc) is 3.16. The van der Waals surface area contributed by atoms with Crippen LogP contribution in [0.1, 0.15) is 117 Å². The Hall–Kier alpha value is -3.90. The van der Waals surface area contributed by atoms with Crippen molar-refractivity contribution in [1.29, 1.82) is 0 Å². The monoisotopic (exact) mass is 750 g/mol. The quantitative estimate of drug-likeness (QED) is 0.143. The Balaban J connectivity index is 0.000000208. The van der Waals surface area contributed by atoms with Crippen molar-refractivity contribution in [3.8, 4) is 11.5 Å². The molecule has 6 rings (SSSR count). The first kappa shape index (κ1) is 41.3. The number of fused-ring (bicyclic) bond motifs is 2. The number of methoxy groups -OCH3 is 2. The highest BCUT2D eigenvalue weighted by atomic mass is 19.1. The van der Waals surface area contributed by atoms with E-state index in [1.165, 1.54) is 39.2 Å². The minimum atomic E-state index is -0.506. The molecule has 0 unspecified atom stereocenters. The number of hydrogen-bond donors (Lipinski definition) is 0. The predicted octanol–water partition coefficient (Wildman–Crippen LogP) is 8.27. The van der Waals surface area contributed by atoms with Crippen LogP contribution in [0, 0.1) is 23.5 Å². The summed E-state index contributed by atoms with van der Waals surface area (Å²) in [6.07, 6.45) is 8.54. The molecule has 0 saturated carbocycles. The second kappa shape index (κ2) is 18.6. The van der Waals surface area contributed by atoms with Gasteiger partial charge < -0.3 is 9.47 Å². The summed E-state index contributed by atoms with van der Waals surface area (Å²) in [6.45, 7) is 17.7. The highest BCUT2D eigenvalue weighted by Crippen LogP contribution is 2.33. The highest BCUT2D eigenvalue weighted by Gasteiger charge is 2.30. The molecule has 0 aliphatic carbocycles. The molecule has 4 aromatic rings. The van der Waals surface area contributed by atoms with Gasteiger partial charge in [-0.3, -0.25) is 28.5 Å². The molecule has 0 spiro atoms. The van der Waals surface area contributed by atoms with Gasteiger partial charge in [0.25, 0.3) is 11.1 Å². The Morgan fingerprint density at radius 2 is 1.07 bits per heavy atom. The molecule has 2 aliphatic rings. The van der Waals surface area contributed by atoms with E-state index in [-0.39, 0.29) is 45.0 Å². The molecule has 2 aromatic carbocycles. The molecule has 2 saturated heterocycles. The smallest absolute Gasteiger partial charge is 0.261 e. The fraction of sp³-hybridized carbons (Fsp3) is 0.619. The summed E-state index contributed by atoms with van der Waals surface area (Å²) in [5, 5.41) is 0.555. The lowest BCUT2D eigenvalue weighted by Crippen LogP contribution is -2.40. The number of piperidine rings is 2. The Kier molecular flexibility index (Phi) is 14.2. The maximum absolute atomic E-state index is 14.7. The summed E-state index contributed by atoms with van der Waals surface area (Å²) in [7, 11) is 2.94. The number of likely N-dealkylation sites (tertiary alicyclic amines) is 2. The third kappa shape index (κ3) is 8.80. The first-order chi connectivity index (χ1) is 26.0. The van der Waals surface area contributed by atoms with E-state index >= 15 is 0 Å². The van der Waals surface area contributed by atoms with Crippen LogP contribution in [-0.4, -0.2) is 69.3 Å². The Morgan fingerprint density at radius 3 is 1.39 bits per heavy atom. The Morgan fingerprint density at radius 1 is 0.685 bits per heavy atom. The van der Waals surface area contributed by atoms with E-state index in [0.29, 0.717) is 48.1 Å². The van der Waals surface area contributed by atoms with Gasteiger partial charge in [0.1, 0.15) is 34.2 Å². The first-order valence-corrected chi connectivity index (χ1v) is 20.0. The molecule has 2 aliphatic heterocycles. The number of ether oxygens (including phenoxy) is 2. The van der Waals surface area contributed by atoms with Gasteiger partial charge in [0.2, 0.25) is 0 Å². The minimum Gasteiger partial charge on any atom is -0.497 e. The largest absolute Gasteiger partial charge is 0.497 e. The molecule has 4 heterocycles. The van der Waals surface area contributed by atoms with Crippen LogP contribution >= 0.6 is 0 Å². The molecule has 10 nitrogen and oxygen atoms in total. The van der Waals surface area contributed by atoms with Crippen molar-refractivity contribution in [3.63, 3.8) is 0 Å². The van der Waals surface area contributed by atoms with E-state index in [1.54, 1.807) is 21.3 Å². The summed E-state index contributed by atoms with van der Waals surface area (Å²) in [6, 6.07) is 5.84. The molecule has 2 fully saturated rings. The second-order valence-electron chi connectivity index (χ2n) is 15.1. The number of aromatic nitrogens is 4. The van der Waals surface area contributed by atoms with Crippen molar-refractivity contribution in [3.05, 3.63) is 68.3 Å². The topological polar surface area (TPSA) is 94.7 Å². The van der Waals surface area contributed by atoms with Crippen molar-refractivity contribution >= 4 is 21.8 Å². The van der Waals surface area contributed by atoms with Crippen molar-refractivity contribution < 1.29 is 18.3 Å². The van der Waals surface area contributed by atoms with Crippen LogP contribution in [0.3, 0.4) is 0 Å². The van der Waals surface area contributed by atoms with Gasteiger partial charge in [0, 0.05) is 38.3 Å². The Labute approximate surface area is 318 Å². The van der Waals surface area contributed by atoms with Gasteiger partial charge in [-0.25, -0.2) is 18.7 Å². The molecular weight excluding hydrogens is 690 g/mol. The first-order valence-electron chi connectivity index (χ1n) is 20.0. The molecule has 12 heteroatoms. The lowest BCUT2D eigenvalue weighted by Gasteiger charge is -2.37. The number of benzene rings is 2. The van der Waals surface area contributed by atoms with E-state index in [9.17, 15) is 18.4 Å². The molecular formula is C42H60F2N6O4. The van der Waals surface area contributed by atoms with Crippen LogP contribution < -0.4 is 20.6 Å². The number of rotatable bonds is 12. The van der Waals surface area contributed by atoms with Gasteiger partial charge in [-0.2, -0.15) is 0 Å². The lowest BCUT2D eigenvalue weighted by atomic mass is 9.97. The van der Waals surface area contributed by atoms with Crippen LogP contribution in [0.25, 0.3) is 21.8 Å². The van der Waals surface area contributed by atoms with Gasteiger partial charge in [-0.15, -0.1) is 0 Å². The van der Waals surface area contributed by atoms with Crippen LogP contribution in [0.2, 0.25) is 0 Å². The molecule has 0 bridgehead atoms.